The molecule has 0 spiro atoms. The zero-order chi connectivity index (χ0) is 23.3. The molecule has 2 amide bonds. The summed E-state index contributed by atoms with van der Waals surface area (Å²) in [7, 11) is 0. The van der Waals surface area contributed by atoms with Crippen molar-refractivity contribution in [2.75, 3.05) is 24.7 Å². The largest absolute Gasteiger partial charge is 0.486 e. The van der Waals surface area contributed by atoms with Crippen LogP contribution in [0, 0.1) is 0 Å². The van der Waals surface area contributed by atoms with Gasteiger partial charge < -0.3 is 24.4 Å². The van der Waals surface area contributed by atoms with Gasteiger partial charge >= 0.3 is 5.97 Å². The molecule has 1 fully saturated rings. The lowest BCUT2D eigenvalue weighted by Crippen LogP contribution is -2.56. The lowest BCUT2D eigenvalue weighted by Gasteiger charge is -2.35. The number of carbonyl (C=O) groups is 3. The molecule has 176 valence electrons. The topological polar surface area (TPSA) is 94.2 Å². The number of rotatable bonds is 7. The van der Waals surface area contributed by atoms with Crippen molar-refractivity contribution in [3.63, 3.8) is 0 Å². The predicted octanol–water partition coefficient (Wildman–Crippen LogP) is 3.43. The van der Waals surface area contributed by atoms with Gasteiger partial charge in [-0.3, -0.25) is 9.59 Å². The summed E-state index contributed by atoms with van der Waals surface area (Å²) in [6.45, 7) is 2.23. The maximum Gasteiger partial charge on any atom is 0.332 e. The molecule has 0 bridgehead atoms. The number of amides is 2. The minimum atomic E-state index is -1.06. The monoisotopic (exact) mass is 472 g/mol. The molecule has 2 aromatic rings. The summed E-state index contributed by atoms with van der Waals surface area (Å²) in [4.78, 5) is 40.5. The first kappa shape index (κ1) is 23.1. The van der Waals surface area contributed by atoms with Crippen molar-refractivity contribution in [3.8, 4) is 11.5 Å². The number of hydrogen-bond acceptors (Lipinski definition) is 7. The number of fused-ring (bicyclic) bond motifs is 1. The highest BCUT2D eigenvalue weighted by Gasteiger charge is 2.42. The van der Waals surface area contributed by atoms with Gasteiger partial charge in [0.05, 0.1) is 6.54 Å². The van der Waals surface area contributed by atoms with E-state index in [0.717, 1.165) is 24.1 Å². The van der Waals surface area contributed by atoms with Crippen molar-refractivity contribution >= 4 is 34.8 Å². The third kappa shape index (κ3) is 5.47. The van der Waals surface area contributed by atoms with E-state index in [1.807, 2.05) is 17.5 Å². The fraction of sp³-hybridized carbons (Fsp3) is 0.458. The predicted molar refractivity (Wildman–Crippen MR) is 124 cm³/mol. The number of nitrogens with zero attached hydrogens (tertiary/aromatic N) is 1. The molecule has 9 heteroatoms. The standard InChI is InChI=1S/C24H28N2O6S/c1-17(27)25-24(9-3-2-4-10-24)23(29)32-16-22(28)26(15-19-6-5-13-33-19)18-7-8-20-21(14-18)31-12-11-30-20/h5-8,13-14H,2-4,9-12,15-16H2,1H3,(H,25,27). The zero-order valence-electron chi connectivity index (χ0n) is 18.6. The number of carbonyl (C=O) groups excluding carboxylic acids is 3. The van der Waals surface area contributed by atoms with Crippen molar-refractivity contribution in [2.45, 2.75) is 51.1 Å². The summed E-state index contributed by atoms with van der Waals surface area (Å²) in [6.07, 6.45) is 3.68. The molecule has 4 rings (SSSR count). The molecule has 0 saturated heterocycles. The van der Waals surface area contributed by atoms with Crippen molar-refractivity contribution in [1.29, 1.82) is 0 Å². The molecular weight excluding hydrogens is 444 g/mol. The lowest BCUT2D eigenvalue weighted by atomic mass is 9.81. The van der Waals surface area contributed by atoms with E-state index in [-0.39, 0.29) is 11.8 Å². The Morgan fingerprint density at radius 1 is 1.09 bits per heavy atom. The van der Waals surface area contributed by atoms with Crippen LogP contribution < -0.4 is 19.7 Å². The molecule has 1 aromatic heterocycles. The van der Waals surface area contributed by atoms with E-state index in [1.165, 1.54) is 6.92 Å². The van der Waals surface area contributed by atoms with E-state index in [4.69, 9.17) is 14.2 Å². The molecule has 2 heterocycles. The van der Waals surface area contributed by atoms with Gasteiger partial charge in [-0.15, -0.1) is 11.3 Å². The minimum Gasteiger partial charge on any atom is -0.486 e. The first-order valence-corrected chi connectivity index (χ1v) is 12.0. The van der Waals surface area contributed by atoms with Crippen LogP contribution >= 0.6 is 11.3 Å². The van der Waals surface area contributed by atoms with E-state index in [9.17, 15) is 14.4 Å². The van der Waals surface area contributed by atoms with Crippen LogP contribution in [0.4, 0.5) is 5.69 Å². The Balaban J connectivity index is 1.50. The second-order valence-corrected chi connectivity index (χ2v) is 9.32. The molecule has 1 aromatic carbocycles. The second kappa shape index (κ2) is 10.2. The quantitative estimate of drug-likeness (QED) is 0.621. The number of benzene rings is 1. The van der Waals surface area contributed by atoms with Gasteiger partial charge in [0.15, 0.2) is 18.1 Å². The van der Waals surface area contributed by atoms with Crippen molar-refractivity contribution in [2.24, 2.45) is 0 Å². The number of thiophene rings is 1. The Kier molecular flexibility index (Phi) is 7.17. The van der Waals surface area contributed by atoms with E-state index >= 15 is 0 Å². The van der Waals surface area contributed by atoms with Crippen LogP contribution in [0.15, 0.2) is 35.7 Å². The number of ether oxygens (including phenoxy) is 3. The molecule has 1 aliphatic carbocycles. The summed E-state index contributed by atoms with van der Waals surface area (Å²) in [6, 6.07) is 9.20. The van der Waals surface area contributed by atoms with Crippen LogP contribution in [-0.2, 0) is 25.7 Å². The van der Waals surface area contributed by atoms with Crippen LogP contribution in [-0.4, -0.2) is 43.1 Å². The minimum absolute atomic E-state index is 0.282. The Hall–Kier alpha value is -3.07. The Labute approximate surface area is 196 Å². The average molecular weight is 473 g/mol. The maximum atomic E-state index is 13.2. The third-order valence-corrected chi connectivity index (χ3v) is 6.73. The molecule has 0 radical (unpaired) electrons. The second-order valence-electron chi connectivity index (χ2n) is 8.29. The van der Waals surface area contributed by atoms with Gasteiger partial charge in [0.1, 0.15) is 18.8 Å². The highest BCUT2D eigenvalue weighted by Crippen LogP contribution is 2.35. The summed E-state index contributed by atoms with van der Waals surface area (Å²) in [5.74, 6) is 0.0167. The van der Waals surface area contributed by atoms with Gasteiger partial charge in [-0.25, -0.2) is 4.79 Å². The zero-order valence-corrected chi connectivity index (χ0v) is 19.4. The normalized spacial score (nSPS) is 16.5. The summed E-state index contributed by atoms with van der Waals surface area (Å²) < 4.78 is 16.7. The Bertz CT molecular complexity index is 1000. The van der Waals surface area contributed by atoms with Crippen LogP contribution in [0.2, 0.25) is 0 Å². The fourth-order valence-corrected chi connectivity index (χ4v) is 4.99. The SMILES string of the molecule is CC(=O)NC1(C(=O)OCC(=O)N(Cc2cccs2)c2ccc3c(c2)OCCO3)CCCCC1. The summed E-state index contributed by atoms with van der Waals surface area (Å²) in [5, 5.41) is 4.73. The number of anilines is 1. The Morgan fingerprint density at radius 3 is 2.55 bits per heavy atom. The van der Waals surface area contributed by atoms with Crippen LogP contribution in [0.5, 0.6) is 11.5 Å². The Morgan fingerprint density at radius 2 is 1.85 bits per heavy atom. The maximum absolute atomic E-state index is 13.2. The number of nitrogens with one attached hydrogen (secondary N) is 1. The van der Waals surface area contributed by atoms with Gasteiger partial charge in [0, 0.05) is 23.6 Å². The smallest absolute Gasteiger partial charge is 0.332 e. The first-order valence-electron chi connectivity index (χ1n) is 11.2. The van der Waals surface area contributed by atoms with Gasteiger partial charge in [0.25, 0.3) is 5.91 Å². The van der Waals surface area contributed by atoms with Gasteiger partial charge in [-0.1, -0.05) is 25.3 Å². The van der Waals surface area contributed by atoms with Gasteiger partial charge in [-0.05, 0) is 36.4 Å². The molecule has 1 N–H and O–H groups in total. The van der Waals surface area contributed by atoms with E-state index in [1.54, 1.807) is 34.4 Å². The lowest BCUT2D eigenvalue weighted by molar-refractivity contribution is -0.157. The van der Waals surface area contributed by atoms with Crippen LogP contribution in [0.3, 0.4) is 0 Å². The number of esters is 1. The molecule has 2 aliphatic rings. The molecule has 0 unspecified atom stereocenters. The molecular formula is C24H28N2O6S. The van der Waals surface area contributed by atoms with E-state index in [2.05, 4.69) is 5.32 Å². The molecule has 0 atom stereocenters. The van der Waals surface area contributed by atoms with Gasteiger partial charge in [0.2, 0.25) is 5.91 Å². The summed E-state index contributed by atoms with van der Waals surface area (Å²) in [5.41, 5.74) is -0.428. The molecule has 1 saturated carbocycles. The number of hydrogen-bond donors (Lipinski definition) is 1. The van der Waals surface area contributed by atoms with E-state index in [0.29, 0.717) is 49.8 Å². The summed E-state index contributed by atoms with van der Waals surface area (Å²) >= 11 is 1.54. The van der Waals surface area contributed by atoms with Crippen LogP contribution in [0.1, 0.15) is 43.9 Å². The highest BCUT2D eigenvalue weighted by molar-refractivity contribution is 7.09. The molecule has 8 nitrogen and oxygen atoms in total. The molecule has 33 heavy (non-hydrogen) atoms. The third-order valence-electron chi connectivity index (χ3n) is 5.87. The fourth-order valence-electron chi connectivity index (χ4n) is 4.30. The van der Waals surface area contributed by atoms with Crippen molar-refractivity contribution in [1.82, 2.24) is 5.32 Å². The van der Waals surface area contributed by atoms with Crippen LogP contribution in [0.25, 0.3) is 0 Å². The van der Waals surface area contributed by atoms with E-state index < -0.39 is 18.1 Å². The first-order chi connectivity index (χ1) is 16.0. The highest BCUT2D eigenvalue weighted by atomic mass is 32.1. The molecule has 1 aliphatic heterocycles. The van der Waals surface area contributed by atoms with Crippen molar-refractivity contribution in [3.05, 3.63) is 40.6 Å². The van der Waals surface area contributed by atoms with Gasteiger partial charge in [-0.2, -0.15) is 0 Å². The average Bonchev–Trinajstić information content (AvgIpc) is 3.34. The van der Waals surface area contributed by atoms with Crippen molar-refractivity contribution < 1.29 is 28.6 Å².